The average molecular weight is 393 g/mol. The fourth-order valence-electron chi connectivity index (χ4n) is 3.24. The van der Waals surface area contributed by atoms with Crippen molar-refractivity contribution in [2.75, 3.05) is 15.4 Å². The number of nitrogens with one attached hydrogen (secondary N) is 1. The fraction of sp³-hybridized carbons (Fsp3) is 0.316. The van der Waals surface area contributed by atoms with Gasteiger partial charge in [0.05, 0.1) is 11.4 Å². The SMILES string of the molecule is CCS(=O)(=O)N1c2ccc(C(=O)Nc3cccc(Cl)c3C)cc2C[C@@H]1C. The maximum Gasteiger partial charge on any atom is 0.255 e. The summed E-state index contributed by atoms with van der Waals surface area (Å²) in [5, 5.41) is 3.46. The van der Waals surface area contributed by atoms with Crippen LogP contribution in [0.3, 0.4) is 0 Å². The number of hydrogen-bond donors (Lipinski definition) is 1. The van der Waals surface area contributed by atoms with Gasteiger partial charge in [-0.05, 0) is 68.7 Å². The first kappa shape index (κ1) is 18.7. The number of sulfonamides is 1. The van der Waals surface area contributed by atoms with E-state index >= 15 is 0 Å². The number of carbonyl (C=O) groups is 1. The third-order valence-electron chi connectivity index (χ3n) is 4.68. The summed E-state index contributed by atoms with van der Waals surface area (Å²) in [6.45, 7) is 5.35. The Labute approximate surface area is 159 Å². The van der Waals surface area contributed by atoms with Crippen LogP contribution >= 0.6 is 11.6 Å². The average Bonchev–Trinajstić information content (AvgIpc) is 2.94. The molecule has 26 heavy (non-hydrogen) atoms. The van der Waals surface area contributed by atoms with Crippen LogP contribution in [0.1, 0.15) is 35.3 Å². The Kier molecular flexibility index (Phi) is 4.99. The number of anilines is 2. The number of halogens is 1. The number of fused-ring (bicyclic) bond motifs is 1. The molecule has 0 unspecified atom stereocenters. The Balaban J connectivity index is 1.89. The zero-order valence-corrected chi connectivity index (χ0v) is 16.5. The van der Waals surface area contributed by atoms with Crippen LogP contribution in [-0.2, 0) is 16.4 Å². The third-order valence-corrected chi connectivity index (χ3v) is 6.97. The molecule has 3 rings (SSSR count). The molecule has 0 saturated heterocycles. The lowest BCUT2D eigenvalue weighted by Crippen LogP contribution is -2.36. The first-order chi connectivity index (χ1) is 12.2. The summed E-state index contributed by atoms with van der Waals surface area (Å²) in [5.74, 6) is -0.199. The lowest BCUT2D eigenvalue weighted by atomic mass is 10.1. The normalized spacial score (nSPS) is 16.5. The second-order valence-electron chi connectivity index (χ2n) is 6.46. The van der Waals surface area contributed by atoms with Gasteiger partial charge in [-0.25, -0.2) is 8.42 Å². The number of benzene rings is 2. The third kappa shape index (κ3) is 3.31. The molecule has 1 amide bonds. The van der Waals surface area contributed by atoms with Crippen LogP contribution in [0.15, 0.2) is 36.4 Å². The molecule has 1 heterocycles. The van der Waals surface area contributed by atoms with Gasteiger partial charge in [-0.3, -0.25) is 9.10 Å². The van der Waals surface area contributed by atoms with Crippen molar-refractivity contribution in [3.05, 3.63) is 58.1 Å². The molecule has 1 N–H and O–H groups in total. The van der Waals surface area contributed by atoms with E-state index in [4.69, 9.17) is 11.6 Å². The van der Waals surface area contributed by atoms with Gasteiger partial charge in [-0.15, -0.1) is 0 Å². The van der Waals surface area contributed by atoms with Crippen molar-refractivity contribution >= 4 is 38.9 Å². The standard InChI is InChI=1S/C19H21ClN2O3S/c1-4-26(24,25)22-12(2)10-15-11-14(8-9-18(15)22)19(23)21-17-7-5-6-16(20)13(17)3/h5-9,11-12H,4,10H2,1-3H3,(H,21,23)/t12-/m0/s1. The summed E-state index contributed by atoms with van der Waals surface area (Å²) in [4.78, 5) is 12.6. The van der Waals surface area contributed by atoms with Crippen LogP contribution < -0.4 is 9.62 Å². The van der Waals surface area contributed by atoms with Crippen molar-refractivity contribution in [2.45, 2.75) is 33.2 Å². The van der Waals surface area contributed by atoms with Crippen LogP contribution in [0.2, 0.25) is 5.02 Å². The zero-order valence-electron chi connectivity index (χ0n) is 14.9. The molecule has 1 aliphatic heterocycles. The molecule has 0 bridgehead atoms. The number of hydrogen-bond acceptors (Lipinski definition) is 3. The summed E-state index contributed by atoms with van der Waals surface area (Å²) in [7, 11) is -3.33. The van der Waals surface area contributed by atoms with Crippen LogP contribution in [0.5, 0.6) is 0 Å². The first-order valence-electron chi connectivity index (χ1n) is 8.46. The quantitative estimate of drug-likeness (QED) is 0.855. The van der Waals surface area contributed by atoms with Gasteiger partial charge in [0.1, 0.15) is 0 Å². The van der Waals surface area contributed by atoms with Gasteiger partial charge in [0.25, 0.3) is 5.91 Å². The topological polar surface area (TPSA) is 66.5 Å². The summed E-state index contributed by atoms with van der Waals surface area (Å²) in [5.41, 5.74) is 3.48. The lowest BCUT2D eigenvalue weighted by molar-refractivity contribution is 0.102. The van der Waals surface area contributed by atoms with Crippen LogP contribution in [0.4, 0.5) is 11.4 Å². The highest BCUT2D eigenvalue weighted by atomic mass is 35.5. The lowest BCUT2D eigenvalue weighted by Gasteiger charge is -2.23. The summed E-state index contributed by atoms with van der Waals surface area (Å²) >= 11 is 6.09. The molecule has 0 saturated carbocycles. The van der Waals surface area contributed by atoms with Gasteiger partial charge in [-0.2, -0.15) is 0 Å². The number of nitrogens with zero attached hydrogens (tertiary/aromatic N) is 1. The highest BCUT2D eigenvalue weighted by molar-refractivity contribution is 7.92. The van der Waals surface area contributed by atoms with E-state index in [1.54, 1.807) is 43.3 Å². The zero-order chi connectivity index (χ0) is 19.1. The Morgan fingerprint density at radius 1 is 1.31 bits per heavy atom. The van der Waals surface area contributed by atoms with Crippen LogP contribution in [0, 0.1) is 6.92 Å². The summed E-state index contributed by atoms with van der Waals surface area (Å²) in [6, 6.07) is 10.3. The highest BCUT2D eigenvalue weighted by Crippen LogP contribution is 2.35. The van der Waals surface area contributed by atoms with Gasteiger partial charge < -0.3 is 5.32 Å². The minimum absolute atomic E-state index is 0.0487. The highest BCUT2D eigenvalue weighted by Gasteiger charge is 2.34. The molecule has 2 aromatic carbocycles. The van der Waals surface area contributed by atoms with Gasteiger partial charge in [0.15, 0.2) is 0 Å². The van der Waals surface area contributed by atoms with E-state index in [0.717, 1.165) is 11.1 Å². The molecule has 138 valence electrons. The first-order valence-corrected chi connectivity index (χ1v) is 10.4. The molecule has 2 aromatic rings. The van der Waals surface area contributed by atoms with E-state index in [0.29, 0.717) is 28.4 Å². The van der Waals surface area contributed by atoms with E-state index in [1.165, 1.54) is 4.31 Å². The van der Waals surface area contributed by atoms with Gasteiger partial charge in [0, 0.05) is 22.3 Å². The molecule has 0 aromatic heterocycles. The molecule has 1 aliphatic rings. The van der Waals surface area contributed by atoms with Gasteiger partial charge >= 0.3 is 0 Å². The van der Waals surface area contributed by atoms with Crippen molar-refractivity contribution in [3.8, 4) is 0 Å². The molecule has 1 atom stereocenters. The van der Waals surface area contributed by atoms with E-state index < -0.39 is 10.0 Å². The van der Waals surface area contributed by atoms with Gasteiger partial charge in [0.2, 0.25) is 10.0 Å². The van der Waals surface area contributed by atoms with Crippen molar-refractivity contribution in [1.82, 2.24) is 0 Å². The fourth-order valence-corrected chi connectivity index (χ4v) is 4.80. The number of amides is 1. The molecular formula is C19H21ClN2O3S. The Morgan fingerprint density at radius 2 is 2.04 bits per heavy atom. The molecule has 0 spiro atoms. The van der Waals surface area contributed by atoms with Crippen molar-refractivity contribution in [2.24, 2.45) is 0 Å². The molecule has 0 fully saturated rings. The molecule has 0 radical (unpaired) electrons. The molecule has 0 aliphatic carbocycles. The molecule has 7 heteroatoms. The maximum absolute atomic E-state index is 12.6. The van der Waals surface area contributed by atoms with Crippen LogP contribution in [0.25, 0.3) is 0 Å². The Hall–Kier alpha value is -2.05. The molecular weight excluding hydrogens is 372 g/mol. The smallest absolute Gasteiger partial charge is 0.255 e. The Bertz CT molecular complexity index is 973. The summed E-state index contributed by atoms with van der Waals surface area (Å²) in [6.07, 6.45) is 0.589. The van der Waals surface area contributed by atoms with Crippen molar-refractivity contribution in [3.63, 3.8) is 0 Å². The van der Waals surface area contributed by atoms with Gasteiger partial charge in [-0.1, -0.05) is 17.7 Å². The second-order valence-corrected chi connectivity index (χ2v) is 9.00. The largest absolute Gasteiger partial charge is 0.322 e. The number of carbonyl (C=O) groups excluding carboxylic acids is 1. The summed E-state index contributed by atoms with van der Waals surface area (Å²) < 4.78 is 26.1. The van der Waals surface area contributed by atoms with E-state index in [-0.39, 0.29) is 17.7 Å². The minimum atomic E-state index is -3.33. The maximum atomic E-state index is 12.6. The van der Waals surface area contributed by atoms with E-state index in [9.17, 15) is 13.2 Å². The predicted molar refractivity (Wildman–Crippen MR) is 106 cm³/mol. The van der Waals surface area contributed by atoms with Crippen molar-refractivity contribution < 1.29 is 13.2 Å². The van der Waals surface area contributed by atoms with Crippen LogP contribution in [-0.4, -0.2) is 26.1 Å². The number of rotatable bonds is 4. The van der Waals surface area contributed by atoms with E-state index in [2.05, 4.69) is 5.32 Å². The minimum Gasteiger partial charge on any atom is -0.322 e. The second kappa shape index (κ2) is 6.93. The van der Waals surface area contributed by atoms with Crippen molar-refractivity contribution in [1.29, 1.82) is 0 Å². The van der Waals surface area contributed by atoms with E-state index in [1.807, 2.05) is 13.8 Å². The Morgan fingerprint density at radius 3 is 2.73 bits per heavy atom. The molecule has 5 nitrogen and oxygen atoms in total. The monoisotopic (exact) mass is 392 g/mol. The predicted octanol–water partition coefficient (Wildman–Crippen LogP) is 4.00.